The number of nitrogens with zero attached hydrogens (tertiary/aromatic N) is 1. The first-order valence-electron chi connectivity index (χ1n) is 5.87. The number of carbonyl (C=O) groups is 1. The molecular weight excluding hydrogens is 286 g/mol. The quantitative estimate of drug-likeness (QED) is 0.875. The number of hydrogen-bond acceptors (Lipinski definition) is 5. The number of nitrogens with one attached hydrogen (secondary N) is 1. The van der Waals surface area contributed by atoms with Crippen molar-refractivity contribution in [3.8, 4) is 0 Å². The highest BCUT2D eigenvalue weighted by atomic mass is 32.1. The Hall–Kier alpha value is -2.02. The molecule has 0 radical (unpaired) electrons. The maximum absolute atomic E-state index is 13.1. The molecule has 0 saturated carbocycles. The number of aryl methyl sites for hydroxylation is 1. The van der Waals surface area contributed by atoms with Crippen molar-refractivity contribution >= 4 is 28.2 Å². The predicted molar refractivity (Wildman–Crippen MR) is 72.4 cm³/mol. The SMILES string of the molecule is CCOC(=O)c1c(C)nsc1Nc1cc(F)cc(F)c1. The smallest absolute Gasteiger partial charge is 0.343 e. The van der Waals surface area contributed by atoms with Crippen molar-refractivity contribution in [2.75, 3.05) is 11.9 Å². The van der Waals surface area contributed by atoms with Crippen molar-refractivity contribution in [2.24, 2.45) is 0 Å². The summed E-state index contributed by atoms with van der Waals surface area (Å²) in [6.07, 6.45) is 0. The fourth-order valence-corrected chi connectivity index (χ4v) is 2.46. The van der Waals surface area contributed by atoms with Crippen molar-refractivity contribution in [2.45, 2.75) is 13.8 Å². The number of ether oxygens (including phenoxy) is 1. The zero-order chi connectivity index (χ0) is 14.7. The van der Waals surface area contributed by atoms with Crippen LogP contribution in [0.3, 0.4) is 0 Å². The van der Waals surface area contributed by atoms with Crippen LogP contribution in [0.1, 0.15) is 23.0 Å². The Morgan fingerprint density at radius 2 is 2.00 bits per heavy atom. The largest absolute Gasteiger partial charge is 0.462 e. The summed E-state index contributed by atoms with van der Waals surface area (Å²) in [5.74, 6) is -1.92. The van der Waals surface area contributed by atoms with Crippen LogP contribution in [0.15, 0.2) is 18.2 Å². The summed E-state index contributed by atoms with van der Waals surface area (Å²) in [5.41, 5.74) is 0.992. The van der Waals surface area contributed by atoms with Gasteiger partial charge in [-0.25, -0.2) is 13.6 Å². The van der Waals surface area contributed by atoms with Crippen LogP contribution >= 0.6 is 11.5 Å². The van der Waals surface area contributed by atoms with E-state index in [-0.39, 0.29) is 17.9 Å². The van der Waals surface area contributed by atoms with Crippen molar-refractivity contribution in [1.29, 1.82) is 0 Å². The lowest BCUT2D eigenvalue weighted by molar-refractivity contribution is 0.0527. The van der Waals surface area contributed by atoms with Crippen LogP contribution in [-0.4, -0.2) is 16.9 Å². The molecule has 0 saturated heterocycles. The minimum Gasteiger partial charge on any atom is -0.462 e. The number of esters is 1. The van der Waals surface area contributed by atoms with E-state index in [1.807, 2.05) is 0 Å². The zero-order valence-corrected chi connectivity index (χ0v) is 11.7. The fourth-order valence-electron chi connectivity index (χ4n) is 1.66. The second-order valence-corrected chi connectivity index (χ2v) is 4.75. The van der Waals surface area contributed by atoms with Crippen LogP contribution in [0.4, 0.5) is 19.5 Å². The van der Waals surface area contributed by atoms with Gasteiger partial charge in [0.2, 0.25) is 0 Å². The average molecular weight is 298 g/mol. The first-order chi connectivity index (χ1) is 9.51. The molecule has 106 valence electrons. The summed E-state index contributed by atoms with van der Waals surface area (Å²) in [7, 11) is 0. The molecule has 2 aromatic rings. The van der Waals surface area contributed by atoms with Crippen LogP contribution in [0.25, 0.3) is 0 Å². The van der Waals surface area contributed by atoms with Gasteiger partial charge in [-0.2, -0.15) is 4.37 Å². The van der Waals surface area contributed by atoms with Gasteiger partial charge in [0.25, 0.3) is 0 Å². The van der Waals surface area contributed by atoms with Gasteiger partial charge in [-0.05, 0) is 37.5 Å². The summed E-state index contributed by atoms with van der Waals surface area (Å²) in [5, 5.41) is 3.18. The van der Waals surface area contributed by atoms with E-state index >= 15 is 0 Å². The number of benzene rings is 1. The van der Waals surface area contributed by atoms with Crippen molar-refractivity contribution < 1.29 is 18.3 Å². The van der Waals surface area contributed by atoms with Gasteiger partial charge in [0, 0.05) is 11.8 Å². The molecular formula is C13H12F2N2O2S. The van der Waals surface area contributed by atoms with E-state index in [1.165, 1.54) is 0 Å². The molecule has 1 heterocycles. The molecule has 0 bridgehead atoms. The molecule has 0 unspecified atom stereocenters. The highest BCUT2D eigenvalue weighted by Gasteiger charge is 2.20. The molecule has 0 aliphatic carbocycles. The summed E-state index contributed by atoms with van der Waals surface area (Å²) < 4.78 is 35.2. The normalized spacial score (nSPS) is 10.4. The first-order valence-corrected chi connectivity index (χ1v) is 6.65. The van der Waals surface area contributed by atoms with Gasteiger partial charge >= 0.3 is 5.97 Å². The monoisotopic (exact) mass is 298 g/mol. The topological polar surface area (TPSA) is 51.2 Å². The highest BCUT2D eigenvalue weighted by Crippen LogP contribution is 2.29. The third-order valence-corrected chi connectivity index (χ3v) is 3.32. The standard InChI is InChI=1S/C13H12F2N2O2S/c1-3-19-13(18)11-7(2)17-20-12(11)16-10-5-8(14)4-9(15)6-10/h4-6,16H,3H2,1-2H3. The molecule has 1 aromatic heterocycles. The molecule has 0 atom stereocenters. The number of rotatable bonds is 4. The lowest BCUT2D eigenvalue weighted by atomic mass is 10.2. The van der Waals surface area contributed by atoms with Gasteiger partial charge in [-0.15, -0.1) is 0 Å². The maximum atomic E-state index is 13.1. The molecule has 20 heavy (non-hydrogen) atoms. The van der Waals surface area contributed by atoms with Crippen LogP contribution in [-0.2, 0) is 4.74 Å². The molecule has 2 rings (SSSR count). The second kappa shape index (κ2) is 5.96. The van der Waals surface area contributed by atoms with Gasteiger partial charge in [0.1, 0.15) is 22.2 Å². The molecule has 1 N–H and O–H groups in total. The molecule has 0 amide bonds. The van der Waals surface area contributed by atoms with E-state index in [2.05, 4.69) is 9.69 Å². The van der Waals surface area contributed by atoms with E-state index in [0.717, 1.165) is 29.7 Å². The number of halogens is 2. The Morgan fingerprint density at radius 1 is 1.35 bits per heavy atom. The fraction of sp³-hybridized carbons (Fsp3) is 0.231. The molecule has 0 aliphatic rings. The number of anilines is 2. The van der Waals surface area contributed by atoms with E-state index in [9.17, 15) is 13.6 Å². The zero-order valence-electron chi connectivity index (χ0n) is 10.9. The highest BCUT2D eigenvalue weighted by molar-refractivity contribution is 7.10. The van der Waals surface area contributed by atoms with Crippen LogP contribution in [0.2, 0.25) is 0 Å². The first kappa shape index (κ1) is 14.4. The lowest BCUT2D eigenvalue weighted by Crippen LogP contribution is -2.07. The Balaban J connectivity index is 2.32. The van der Waals surface area contributed by atoms with Crippen LogP contribution in [0.5, 0.6) is 0 Å². The minimum absolute atomic E-state index is 0.205. The Bertz CT molecular complexity index is 623. The van der Waals surface area contributed by atoms with Gasteiger partial charge in [0.05, 0.1) is 12.3 Å². The van der Waals surface area contributed by atoms with E-state index in [0.29, 0.717) is 10.7 Å². The summed E-state index contributed by atoms with van der Waals surface area (Å²) in [4.78, 5) is 11.8. The third kappa shape index (κ3) is 3.11. The van der Waals surface area contributed by atoms with Gasteiger partial charge < -0.3 is 10.1 Å². The van der Waals surface area contributed by atoms with Crippen molar-refractivity contribution in [3.63, 3.8) is 0 Å². The van der Waals surface area contributed by atoms with E-state index in [4.69, 9.17) is 4.74 Å². The number of aromatic nitrogens is 1. The maximum Gasteiger partial charge on any atom is 0.343 e. The third-order valence-electron chi connectivity index (χ3n) is 2.46. The average Bonchev–Trinajstić information content (AvgIpc) is 2.69. The lowest BCUT2D eigenvalue weighted by Gasteiger charge is -2.07. The van der Waals surface area contributed by atoms with Gasteiger partial charge in [0.15, 0.2) is 0 Å². The van der Waals surface area contributed by atoms with Crippen LogP contribution < -0.4 is 5.32 Å². The molecule has 1 aromatic carbocycles. The molecule has 0 aliphatic heterocycles. The Labute approximate surface area is 118 Å². The summed E-state index contributed by atoms with van der Waals surface area (Å²) in [6.45, 7) is 3.60. The van der Waals surface area contributed by atoms with E-state index < -0.39 is 17.6 Å². The minimum atomic E-state index is -0.702. The van der Waals surface area contributed by atoms with Gasteiger partial charge in [-0.1, -0.05) is 0 Å². The molecule has 0 fully saturated rings. The second-order valence-electron chi connectivity index (χ2n) is 3.98. The van der Waals surface area contributed by atoms with Gasteiger partial charge in [-0.3, -0.25) is 0 Å². The molecule has 0 spiro atoms. The number of carbonyl (C=O) groups excluding carboxylic acids is 1. The predicted octanol–water partition coefficient (Wildman–Crippen LogP) is 3.65. The Morgan fingerprint density at radius 3 is 2.60 bits per heavy atom. The summed E-state index contributed by atoms with van der Waals surface area (Å²) in [6, 6.07) is 3.04. The number of hydrogen-bond donors (Lipinski definition) is 1. The summed E-state index contributed by atoms with van der Waals surface area (Å²) >= 11 is 1.03. The Kier molecular flexibility index (Phi) is 4.29. The van der Waals surface area contributed by atoms with Crippen LogP contribution in [0, 0.1) is 18.6 Å². The molecule has 4 nitrogen and oxygen atoms in total. The molecule has 7 heteroatoms. The van der Waals surface area contributed by atoms with Crippen molar-refractivity contribution in [1.82, 2.24) is 4.37 Å². The van der Waals surface area contributed by atoms with Crippen molar-refractivity contribution in [3.05, 3.63) is 41.1 Å². The van der Waals surface area contributed by atoms with E-state index in [1.54, 1.807) is 13.8 Å².